The van der Waals surface area contributed by atoms with E-state index < -0.39 is 136 Å². The highest BCUT2D eigenvalue weighted by molar-refractivity contribution is 6.03. The summed E-state index contributed by atoms with van der Waals surface area (Å²) in [4.78, 5) is 177. The minimum absolute atomic E-state index is 0.00324. The van der Waals surface area contributed by atoms with Crippen LogP contribution in [0.4, 0.5) is 36.6 Å². The largest absolute Gasteiger partial charge is 0.478 e. The topological polar surface area (TPSA) is 533 Å². The van der Waals surface area contributed by atoms with E-state index in [1.54, 1.807) is 64.1 Å². The molecule has 0 saturated heterocycles. The molecule has 0 unspecified atom stereocenters. The van der Waals surface area contributed by atoms with Crippen LogP contribution < -0.4 is 42.5 Å². The molecule has 4 aliphatic carbocycles. The maximum atomic E-state index is 14.4. The van der Waals surface area contributed by atoms with Crippen molar-refractivity contribution < 1.29 is 109 Å². The van der Waals surface area contributed by atoms with Crippen LogP contribution in [-0.4, -0.2) is 160 Å². The highest BCUT2D eigenvalue weighted by Crippen LogP contribution is 2.40. The summed E-state index contributed by atoms with van der Waals surface area (Å²) in [5.41, 5.74) is 10.1. The van der Waals surface area contributed by atoms with Gasteiger partial charge in [-0.15, -0.1) is 4.98 Å². The van der Waals surface area contributed by atoms with Crippen molar-refractivity contribution in [3.63, 3.8) is 0 Å². The number of carboxylic acid groups (broad SMARTS) is 4. The molecule has 0 radical (unpaired) electrons. The molecule has 39 nitrogen and oxygen atoms in total. The van der Waals surface area contributed by atoms with Crippen molar-refractivity contribution in [1.29, 1.82) is 0 Å². The standard InChI is InChI=1S/2C26H21F2N5O4.C26H20FN7O4.C25H20F2N6O4/c1-13-16-8-9-20(18(16)7-6-17(13)26(36)37)32-25(35)22-10-21(31-23-19(28)12-30-33(22)23)24(34)29-11-14-2-4-15(27)5-3-14;1-13-16-7-8-20(18(16)6-5-17(13)26(36)37)32-25(35)22-10-21(31-23-19(28)12-30-33(22)23)24(34)29-11-14-3-2-4-15(27)9-14;1-13-15-5-6-19(17(15)4-3-16(13)26(37)38)33-25(36)21-10-20(32-23-18(27)12-31-34(21)23)24(35)30-11-14-7-8-29-22(9-14)28-2;1-12-14-4-5-18(16(14)3-2-15(12)25(36)37)32-24(35)20-9-19(31-22-17(26)11-30-33(20)22)23(34)29-10-13-6-7-28-21(27)8-13/h2-7,10,12,20H,8-9,11H2,1H3,(H,29,34)(H,32,35)(H,36,37);2-6,9-10,12,20H,7-8,11H2,1H3,(H,29,34)(H,32,35)(H,36,37);3-4,7-10,12,19H,5-6,11H2,1H3,(H,30,35)(H,33,36)(H,37,38);2-3,6-9,11,18H,4-5,10H2,1H3,(H,29,34)(H,32,35)(H,36,37)/t2*20-;19-;18-/m0000/s1. The van der Waals surface area contributed by atoms with Crippen molar-refractivity contribution in [2.24, 2.45) is 0 Å². The fraction of sp³-hybridized carbons (Fsp3) is 0.194. The normalized spacial score (nSPS) is 14.3. The zero-order chi connectivity index (χ0) is 106. The molecular formula is C103H82F7N23O16. The Labute approximate surface area is 836 Å². The van der Waals surface area contributed by atoms with E-state index >= 15 is 0 Å². The van der Waals surface area contributed by atoms with Crippen molar-refractivity contribution in [2.75, 3.05) is 0 Å². The highest BCUT2D eigenvalue weighted by Gasteiger charge is 2.36. The number of halogens is 7. The molecule has 16 aromatic rings. The van der Waals surface area contributed by atoms with Gasteiger partial charge in [0.1, 0.15) is 63.4 Å². The van der Waals surface area contributed by atoms with Crippen LogP contribution in [-0.2, 0) is 51.9 Å². The van der Waals surface area contributed by atoms with E-state index in [-0.39, 0.29) is 122 Å². The van der Waals surface area contributed by atoms with Gasteiger partial charge in [0.15, 0.2) is 45.9 Å². The molecule has 0 spiro atoms. The molecule has 4 aliphatic rings. The molecule has 0 bridgehead atoms. The number of nitrogens with zero attached hydrogens (tertiary/aromatic N) is 15. The average molecular weight is 2030 g/mol. The van der Waals surface area contributed by atoms with Gasteiger partial charge in [-0.2, -0.15) is 24.8 Å². The Morgan fingerprint density at radius 2 is 0.624 bits per heavy atom. The van der Waals surface area contributed by atoms with Gasteiger partial charge >= 0.3 is 23.9 Å². The molecular weight excluding hydrogens is 1950 g/mol. The van der Waals surface area contributed by atoms with Crippen molar-refractivity contribution in [2.45, 2.75) is 129 Å². The second-order valence-electron chi connectivity index (χ2n) is 34.8. The van der Waals surface area contributed by atoms with Crippen molar-refractivity contribution >= 4 is 99.5 Å². The highest BCUT2D eigenvalue weighted by atomic mass is 19.2. The lowest BCUT2D eigenvalue weighted by Gasteiger charge is -2.16. The van der Waals surface area contributed by atoms with Crippen LogP contribution in [0.1, 0.15) is 264 Å². The monoisotopic (exact) mass is 2030 g/mol. The van der Waals surface area contributed by atoms with E-state index in [9.17, 15) is 109 Å². The predicted octanol–water partition coefficient (Wildman–Crippen LogP) is 12.6. The number of carboxylic acids is 4. The Bertz CT molecular complexity index is 8080. The third-order valence-electron chi connectivity index (χ3n) is 25.8. The molecule has 149 heavy (non-hydrogen) atoms. The molecule has 0 aliphatic heterocycles. The smallest absolute Gasteiger partial charge is 0.335 e. The SMILES string of the molecule is Cc1c(C(=O)O)ccc2c1CC[C@@H]2NC(=O)c1cc(C(=O)NCc2ccc(F)cc2)nc2c(F)cnn12.Cc1c(C(=O)O)ccc2c1CC[C@@H]2NC(=O)c1cc(C(=O)NCc2cccc(F)c2)nc2c(F)cnn12.Cc1c(C(=O)O)ccc2c1CC[C@@H]2NC(=O)c1cc(C(=O)NCc2ccnc(F)c2)nc2c(F)cnn12.[C-]#[N+]c1cc(CNC(=O)c2cc(C(=O)N[C@H]3CCc4c3ccc(C(=O)O)c4C)n3ncc(F)c3n2)ccn1. The number of aromatic nitrogens is 14. The van der Waals surface area contributed by atoms with Gasteiger partial charge in [-0.25, -0.2) is 88.5 Å². The molecule has 12 N–H and O–H groups in total. The van der Waals surface area contributed by atoms with Crippen molar-refractivity contribution in [3.05, 3.63) is 392 Å². The summed E-state index contributed by atoms with van der Waals surface area (Å²) in [6.45, 7) is 14.1. The lowest BCUT2D eigenvalue weighted by molar-refractivity contribution is 0.0685. The quantitative estimate of drug-likeness (QED) is 0.0152. The van der Waals surface area contributed by atoms with Gasteiger partial charge < -0.3 is 67.8 Å². The number of hydrogen-bond donors (Lipinski definition) is 12. The number of pyridine rings is 2. The number of amides is 8. The summed E-state index contributed by atoms with van der Waals surface area (Å²) in [7, 11) is 0. The van der Waals surface area contributed by atoms with E-state index in [2.05, 4.69) is 97.7 Å². The number of benzene rings is 6. The van der Waals surface area contributed by atoms with E-state index in [1.165, 1.54) is 116 Å². The molecule has 46 heteroatoms. The zero-order valence-corrected chi connectivity index (χ0v) is 78.7. The number of aromatic carboxylic acids is 4. The molecule has 8 amide bonds. The summed E-state index contributed by atoms with van der Waals surface area (Å²) >= 11 is 0. The minimum Gasteiger partial charge on any atom is -0.478 e. The Balaban J connectivity index is 0.000000135. The lowest BCUT2D eigenvalue weighted by atomic mass is 9.98. The number of carbonyl (C=O) groups excluding carboxylic acids is 8. The molecule has 4 atom stereocenters. The fourth-order valence-corrected chi connectivity index (χ4v) is 18.4. The second kappa shape index (κ2) is 42.7. The third-order valence-corrected chi connectivity index (χ3v) is 25.8. The third kappa shape index (κ3) is 21.4. The number of hydrogen-bond acceptors (Lipinski definition) is 22. The number of carbonyl (C=O) groups is 12. The van der Waals surface area contributed by atoms with E-state index in [1.807, 2.05) is 0 Å². The second-order valence-corrected chi connectivity index (χ2v) is 34.8. The van der Waals surface area contributed by atoms with Crippen LogP contribution in [0, 0.1) is 75.1 Å². The van der Waals surface area contributed by atoms with Gasteiger partial charge in [0.25, 0.3) is 53.1 Å². The first-order valence-electron chi connectivity index (χ1n) is 45.8. The summed E-state index contributed by atoms with van der Waals surface area (Å²) in [5, 5.41) is 75.1. The fourth-order valence-electron chi connectivity index (χ4n) is 18.4. The first-order chi connectivity index (χ1) is 71.4. The van der Waals surface area contributed by atoms with E-state index in [4.69, 9.17) is 6.57 Å². The molecule has 0 saturated carbocycles. The first-order valence-corrected chi connectivity index (χ1v) is 45.8. The first kappa shape index (κ1) is 101. The Hall–Kier alpha value is -19.3. The van der Waals surface area contributed by atoms with Crippen LogP contribution in [0.5, 0.6) is 0 Å². The van der Waals surface area contributed by atoms with Crippen molar-refractivity contribution in [3.8, 4) is 0 Å². The van der Waals surface area contributed by atoms with Crippen LogP contribution in [0.25, 0.3) is 27.4 Å². The minimum atomic E-state index is -1.02. The van der Waals surface area contributed by atoms with Gasteiger partial charge in [-0.1, -0.05) is 55.1 Å². The zero-order valence-electron chi connectivity index (χ0n) is 78.7. The Morgan fingerprint density at radius 3 is 0.913 bits per heavy atom. The van der Waals surface area contributed by atoms with Crippen molar-refractivity contribution in [1.82, 2.24) is 111 Å². The molecule has 10 aromatic heterocycles. The molecule has 754 valence electrons. The van der Waals surface area contributed by atoms with Crippen LogP contribution in [0.3, 0.4) is 0 Å². The van der Waals surface area contributed by atoms with Gasteiger partial charge in [0, 0.05) is 56.6 Å². The predicted molar refractivity (Wildman–Crippen MR) is 511 cm³/mol. The van der Waals surface area contributed by atoms with Gasteiger partial charge in [-0.3, -0.25) is 38.4 Å². The summed E-state index contributed by atoms with van der Waals surface area (Å²) in [6, 6.07) is 33.2. The molecule has 6 aromatic carbocycles. The van der Waals surface area contributed by atoms with Gasteiger partial charge in [0.2, 0.25) is 5.95 Å². The summed E-state index contributed by atoms with van der Waals surface area (Å²) in [5.74, 6) is -13.7. The maximum Gasteiger partial charge on any atom is 0.335 e. The van der Waals surface area contributed by atoms with Gasteiger partial charge in [-0.05, 0) is 241 Å². The van der Waals surface area contributed by atoms with E-state index in [0.29, 0.717) is 95.9 Å². The van der Waals surface area contributed by atoms with Crippen LogP contribution >= 0.6 is 0 Å². The summed E-state index contributed by atoms with van der Waals surface area (Å²) in [6.07, 6.45) is 10.9. The average Bonchev–Trinajstić information content (AvgIpc) is 1.65. The summed E-state index contributed by atoms with van der Waals surface area (Å²) < 4.78 is 101. The van der Waals surface area contributed by atoms with Crippen LogP contribution in [0.15, 0.2) is 183 Å². The Kier molecular flexibility index (Phi) is 29.0. The van der Waals surface area contributed by atoms with Crippen LogP contribution in [0.2, 0.25) is 0 Å². The molecule has 0 fully saturated rings. The Morgan fingerprint density at radius 1 is 0.336 bits per heavy atom. The number of fused-ring (bicyclic) bond motifs is 8. The van der Waals surface area contributed by atoms with Gasteiger partial charge in [0.05, 0.1) is 71.2 Å². The van der Waals surface area contributed by atoms with E-state index in [0.717, 1.165) is 93.4 Å². The molecule has 10 heterocycles. The molecule has 20 rings (SSSR count). The lowest BCUT2D eigenvalue weighted by Crippen LogP contribution is -2.30. The maximum absolute atomic E-state index is 14.4. The number of rotatable bonds is 24. The number of nitrogens with one attached hydrogen (secondary N) is 8.